The van der Waals surface area contributed by atoms with Crippen molar-refractivity contribution >= 4 is 21.5 Å². The van der Waals surface area contributed by atoms with E-state index >= 15 is 0 Å². The van der Waals surface area contributed by atoms with E-state index in [0.717, 1.165) is 6.42 Å². The second kappa shape index (κ2) is 5.28. The number of aryl methyl sites for hydroxylation is 1. The number of hydrogen-bond acceptors (Lipinski definition) is 5. The minimum Gasteiger partial charge on any atom is -0.748 e. The van der Waals surface area contributed by atoms with Crippen LogP contribution in [0.1, 0.15) is 19.8 Å². The Kier molecular flexibility index (Phi) is 4.24. The van der Waals surface area contributed by atoms with Crippen LogP contribution in [0.4, 0.5) is 0 Å². The molecule has 1 N–H and O–H groups in total. The zero-order valence-electron chi connectivity index (χ0n) is 9.60. The number of aromatic nitrogens is 2. The van der Waals surface area contributed by atoms with Gasteiger partial charge in [0.05, 0.1) is 17.2 Å². The molecule has 2 aromatic rings. The van der Waals surface area contributed by atoms with Gasteiger partial charge in [-0.1, -0.05) is 13.3 Å². The minimum absolute atomic E-state index is 0.219. The van der Waals surface area contributed by atoms with Crippen molar-refractivity contribution in [2.24, 2.45) is 7.05 Å². The van der Waals surface area contributed by atoms with Gasteiger partial charge in [0.15, 0.2) is 6.20 Å². The molecule has 2 bridgehead atoms. The summed E-state index contributed by atoms with van der Waals surface area (Å²) in [4.78, 5) is 13.4. The molecule has 2 aromatic heterocycles. The SMILES string of the molecule is CCCCS(=O)(=O)[O-].Cn1c2c[nH+]c1c(=O)o2. The highest BCUT2D eigenvalue weighted by Crippen LogP contribution is 1.99. The molecule has 17 heavy (non-hydrogen) atoms. The van der Waals surface area contributed by atoms with E-state index in [4.69, 9.17) is 4.42 Å². The maximum Gasteiger partial charge on any atom is 0.430 e. The summed E-state index contributed by atoms with van der Waals surface area (Å²) in [6.45, 7) is 1.84. The summed E-state index contributed by atoms with van der Waals surface area (Å²) < 4.78 is 35.9. The summed E-state index contributed by atoms with van der Waals surface area (Å²) in [6.07, 6.45) is 2.88. The van der Waals surface area contributed by atoms with Gasteiger partial charge in [-0.25, -0.2) is 18.2 Å². The van der Waals surface area contributed by atoms with Crippen LogP contribution in [0.3, 0.4) is 0 Å². The number of rotatable bonds is 3. The van der Waals surface area contributed by atoms with E-state index in [1.807, 2.05) is 6.92 Å². The Morgan fingerprint density at radius 3 is 2.35 bits per heavy atom. The lowest BCUT2D eigenvalue weighted by Crippen LogP contribution is -2.10. The first-order valence-corrected chi connectivity index (χ1v) is 6.66. The van der Waals surface area contributed by atoms with E-state index in [-0.39, 0.29) is 11.4 Å². The predicted octanol–water partition coefficient (Wildman–Crippen LogP) is -0.285. The van der Waals surface area contributed by atoms with E-state index in [2.05, 4.69) is 4.98 Å². The topological polar surface area (TPSA) is 106 Å². The third kappa shape index (κ3) is 3.82. The largest absolute Gasteiger partial charge is 0.748 e. The molecule has 0 aromatic carbocycles. The first-order valence-electron chi connectivity index (χ1n) is 5.08. The molecule has 8 heteroatoms. The molecule has 0 aliphatic carbocycles. The third-order valence-electron chi connectivity index (χ3n) is 2.14. The summed E-state index contributed by atoms with van der Waals surface area (Å²) in [5, 5.41) is 0. The standard InChI is InChI=1S/C5H4N2O2.C4H10O3S/c1-7-3-2-6-4(7)5(8)9-3;1-2-3-4-8(5,6)7/h2H,1H3;2-4H2,1H3,(H,5,6,7). The zero-order valence-corrected chi connectivity index (χ0v) is 10.4. The number of fused-ring (bicyclic) bond motifs is 2. The van der Waals surface area contributed by atoms with Crippen molar-refractivity contribution in [2.75, 3.05) is 5.75 Å². The average molecular weight is 262 g/mol. The first kappa shape index (κ1) is 13.7. The highest BCUT2D eigenvalue weighted by Gasteiger charge is 2.16. The summed E-state index contributed by atoms with van der Waals surface area (Å²) in [5.41, 5.74) is 0.787. The average Bonchev–Trinajstić information content (AvgIpc) is 2.70. The fraction of sp³-hybridized carbons (Fsp3) is 0.556. The van der Waals surface area contributed by atoms with Gasteiger partial charge in [-0.15, -0.1) is 0 Å². The molecule has 0 fully saturated rings. The lowest BCUT2D eigenvalue weighted by molar-refractivity contribution is -0.346. The molecule has 0 radical (unpaired) electrons. The van der Waals surface area contributed by atoms with Gasteiger partial charge in [0, 0.05) is 5.75 Å². The van der Waals surface area contributed by atoms with Gasteiger partial charge in [0.25, 0.3) is 0 Å². The number of nitrogens with one attached hydrogen (secondary N) is 1. The Labute approximate surface area is 98.2 Å². The van der Waals surface area contributed by atoms with Gasteiger partial charge >= 0.3 is 17.0 Å². The smallest absolute Gasteiger partial charge is 0.430 e. The van der Waals surface area contributed by atoms with E-state index in [0.29, 0.717) is 17.8 Å². The van der Waals surface area contributed by atoms with Crippen molar-refractivity contribution in [1.29, 1.82) is 0 Å². The number of unbranched alkanes of at least 4 members (excludes halogenated alkanes) is 1. The molecule has 2 rings (SSSR count). The van der Waals surface area contributed by atoms with Crippen molar-refractivity contribution in [3.8, 4) is 0 Å². The molecular formula is C9H14N2O5S. The molecule has 0 saturated heterocycles. The molecule has 0 atom stereocenters. The Hall–Kier alpha value is -1.41. The van der Waals surface area contributed by atoms with Crippen LogP contribution in [0.2, 0.25) is 0 Å². The van der Waals surface area contributed by atoms with Crippen molar-refractivity contribution < 1.29 is 22.4 Å². The Balaban J connectivity index is 0.000000172. The number of aromatic amines is 1. The van der Waals surface area contributed by atoms with E-state index < -0.39 is 10.1 Å². The lowest BCUT2D eigenvalue weighted by Gasteiger charge is -2.02. The van der Waals surface area contributed by atoms with Crippen molar-refractivity contribution in [3.63, 3.8) is 0 Å². The summed E-state index contributed by atoms with van der Waals surface area (Å²) in [6, 6.07) is 0. The van der Waals surface area contributed by atoms with Crippen LogP contribution >= 0.6 is 0 Å². The molecular weight excluding hydrogens is 248 g/mol. The quantitative estimate of drug-likeness (QED) is 0.707. The van der Waals surface area contributed by atoms with E-state index in [9.17, 15) is 17.8 Å². The van der Waals surface area contributed by atoms with Crippen LogP contribution in [-0.2, 0) is 17.2 Å². The van der Waals surface area contributed by atoms with Crippen LogP contribution in [-0.4, -0.2) is 23.3 Å². The lowest BCUT2D eigenvalue weighted by atomic mass is 10.4. The van der Waals surface area contributed by atoms with Crippen LogP contribution in [0.5, 0.6) is 0 Å². The monoisotopic (exact) mass is 262 g/mol. The van der Waals surface area contributed by atoms with Crippen LogP contribution in [0.25, 0.3) is 11.4 Å². The van der Waals surface area contributed by atoms with Gasteiger partial charge in [-0.05, 0) is 6.42 Å². The summed E-state index contributed by atoms with van der Waals surface area (Å²) >= 11 is 0. The maximum atomic E-state index is 10.6. The predicted molar refractivity (Wildman–Crippen MR) is 58.7 cm³/mol. The first-order chi connectivity index (χ1) is 7.85. The normalized spacial score (nSPS) is 11.5. The molecule has 0 unspecified atom stereocenters. The molecule has 7 nitrogen and oxygen atoms in total. The maximum absolute atomic E-state index is 10.6. The minimum atomic E-state index is -3.94. The molecule has 0 amide bonds. The van der Waals surface area contributed by atoms with Crippen molar-refractivity contribution in [1.82, 2.24) is 4.57 Å². The van der Waals surface area contributed by atoms with Crippen molar-refractivity contribution in [2.45, 2.75) is 19.8 Å². The molecule has 0 saturated carbocycles. The Morgan fingerprint density at radius 1 is 1.53 bits per heavy atom. The summed E-state index contributed by atoms with van der Waals surface area (Å²) in [7, 11) is -2.17. The second-order valence-corrected chi connectivity index (χ2v) is 5.06. The van der Waals surface area contributed by atoms with Crippen LogP contribution < -0.4 is 10.6 Å². The molecule has 2 heterocycles. The van der Waals surface area contributed by atoms with Crippen molar-refractivity contribution in [3.05, 3.63) is 16.6 Å². The number of hydrogen-bond donors (Lipinski definition) is 0. The fourth-order valence-electron chi connectivity index (χ4n) is 1.19. The Morgan fingerprint density at radius 2 is 2.18 bits per heavy atom. The highest BCUT2D eigenvalue weighted by molar-refractivity contribution is 7.85. The highest BCUT2D eigenvalue weighted by atomic mass is 32.2. The zero-order chi connectivity index (χ0) is 13.1. The number of nitrogens with zero attached hydrogens (tertiary/aromatic N) is 1. The molecule has 0 aliphatic rings. The van der Waals surface area contributed by atoms with Gasteiger partial charge in [0.1, 0.15) is 0 Å². The molecule has 0 aliphatic heterocycles. The number of H-pyrrole nitrogens is 1. The van der Waals surface area contributed by atoms with Gasteiger partial charge in [0.2, 0.25) is 0 Å². The number of imidazole rings is 1. The fourth-order valence-corrected chi connectivity index (χ4v) is 1.83. The Bertz CT molecular complexity index is 612. The molecule has 96 valence electrons. The number of oxazole rings is 1. The second-order valence-electron chi connectivity index (χ2n) is 3.54. The van der Waals surface area contributed by atoms with E-state index in [1.165, 1.54) is 0 Å². The molecule has 0 spiro atoms. The van der Waals surface area contributed by atoms with Gasteiger partial charge in [-0.3, -0.25) is 0 Å². The van der Waals surface area contributed by atoms with Crippen LogP contribution in [0, 0.1) is 0 Å². The third-order valence-corrected chi connectivity index (χ3v) is 2.93. The van der Waals surface area contributed by atoms with Gasteiger partial charge in [-0.2, -0.15) is 4.57 Å². The van der Waals surface area contributed by atoms with Gasteiger partial charge < -0.3 is 8.97 Å². The van der Waals surface area contributed by atoms with Crippen LogP contribution in [0.15, 0.2) is 15.4 Å². The van der Waals surface area contributed by atoms with E-state index in [1.54, 1.807) is 17.8 Å². The summed E-state index contributed by atoms with van der Waals surface area (Å²) in [5.74, 6) is -0.219.